The molecule has 0 bridgehead atoms. The molecule has 2 rings (SSSR count). The van der Waals surface area contributed by atoms with E-state index in [1.165, 1.54) is 48.5 Å². The topological polar surface area (TPSA) is 15.3 Å². The molecule has 1 aliphatic rings. The standard InChI is InChI=1S/C15H26N2S/c1-3-16-11-15-10-14(13(2)18-15)12-17-8-6-4-5-7-9-17/h10,16H,3-9,11-12H2,1-2H3. The number of aryl methyl sites for hydroxylation is 1. The van der Waals surface area contributed by atoms with Gasteiger partial charge in [0.25, 0.3) is 0 Å². The highest BCUT2D eigenvalue weighted by molar-refractivity contribution is 7.12. The lowest BCUT2D eigenvalue weighted by Crippen LogP contribution is -2.24. The Balaban J connectivity index is 1.92. The van der Waals surface area contributed by atoms with Crippen molar-refractivity contribution in [1.82, 2.24) is 10.2 Å². The largest absolute Gasteiger partial charge is 0.312 e. The second-order valence-corrected chi connectivity index (χ2v) is 6.61. The summed E-state index contributed by atoms with van der Waals surface area (Å²) in [4.78, 5) is 5.63. The molecule has 0 amide bonds. The molecule has 0 spiro atoms. The minimum atomic E-state index is 1.03. The fourth-order valence-corrected chi connectivity index (χ4v) is 3.64. The van der Waals surface area contributed by atoms with E-state index < -0.39 is 0 Å². The van der Waals surface area contributed by atoms with E-state index in [9.17, 15) is 0 Å². The van der Waals surface area contributed by atoms with Gasteiger partial charge in [-0.05, 0) is 51.0 Å². The van der Waals surface area contributed by atoms with Crippen molar-refractivity contribution >= 4 is 11.3 Å². The lowest BCUT2D eigenvalue weighted by atomic mass is 10.2. The van der Waals surface area contributed by atoms with E-state index >= 15 is 0 Å². The Morgan fingerprint density at radius 3 is 2.61 bits per heavy atom. The Kier molecular flexibility index (Phi) is 5.67. The molecule has 0 aliphatic carbocycles. The van der Waals surface area contributed by atoms with Crippen LogP contribution in [0.25, 0.3) is 0 Å². The minimum Gasteiger partial charge on any atom is -0.312 e. The lowest BCUT2D eigenvalue weighted by Gasteiger charge is -2.19. The molecule has 1 fully saturated rings. The van der Waals surface area contributed by atoms with Crippen molar-refractivity contribution < 1.29 is 0 Å². The van der Waals surface area contributed by atoms with Crippen LogP contribution < -0.4 is 5.32 Å². The van der Waals surface area contributed by atoms with Crippen LogP contribution in [-0.2, 0) is 13.1 Å². The quantitative estimate of drug-likeness (QED) is 0.877. The van der Waals surface area contributed by atoms with Crippen LogP contribution in [0.1, 0.15) is 47.9 Å². The average Bonchev–Trinajstić information content (AvgIpc) is 2.57. The first-order valence-electron chi connectivity index (χ1n) is 7.31. The Hall–Kier alpha value is -0.380. The molecule has 1 aliphatic heterocycles. The summed E-state index contributed by atoms with van der Waals surface area (Å²) in [6.45, 7) is 10.3. The summed E-state index contributed by atoms with van der Waals surface area (Å²) in [7, 11) is 0. The molecule has 2 heterocycles. The summed E-state index contributed by atoms with van der Waals surface area (Å²) < 4.78 is 0. The molecule has 2 nitrogen and oxygen atoms in total. The molecular weight excluding hydrogens is 240 g/mol. The number of hydrogen-bond acceptors (Lipinski definition) is 3. The van der Waals surface area contributed by atoms with E-state index in [1.54, 1.807) is 5.56 Å². The van der Waals surface area contributed by atoms with Gasteiger partial charge in [-0.25, -0.2) is 0 Å². The van der Waals surface area contributed by atoms with Crippen molar-refractivity contribution in [1.29, 1.82) is 0 Å². The number of nitrogens with zero attached hydrogens (tertiary/aromatic N) is 1. The number of nitrogens with one attached hydrogen (secondary N) is 1. The fourth-order valence-electron chi connectivity index (χ4n) is 2.62. The summed E-state index contributed by atoms with van der Waals surface area (Å²) in [6.07, 6.45) is 5.61. The maximum atomic E-state index is 3.42. The molecule has 1 N–H and O–H groups in total. The minimum absolute atomic E-state index is 1.03. The van der Waals surface area contributed by atoms with Gasteiger partial charge in [-0.15, -0.1) is 11.3 Å². The van der Waals surface area contributed by atoms with E-state index in [0.29, 0.717) is 0 Å². The van der Waals surface area contributed by atoms with Gasteiger partial charge < -0.3 is 5.32 Å². The number of rotatable bonds is 5. The van der Waals surface area contributed by atoms with E-state index in [2.05, 4.69) is 30.1 Å². The second-order valence-electron chi connectivity index (χ2n) is 5.26. The predicted molar refractivity (Wildman–Crippen MR) is 80.2 cm³/mol. The molecule has 1 aromatic heterocycles. The monoisotopic (exact) mass is 266 g/mol. The molecule has 1 aromatic rings. The zero-order valence-electron chi connectivity index (χ0n) is 11.8. The van der Waals surface area contributed by atoms with Crippen LogP contribution in [-0.4, -0.2) is 24.5 Å². The van der Waals surface area contributed by atoms with Crippen molar-refractivity contribution in [2.75, 3.05) is 19.6 Å². The molecular formula is C15H26N2S. The Labute approximate surface area is 115 Å². The fraction of sp³-hybridized carbons (Fsp3) is 0.733. The molecule has 0 aromatic carbocycles. The zero-order valence-corrected chi connectivity index (χ0v) is 12.6. The predicted octanol–water partition coefficient (Wildman–Crippen LogP) is 3.54. The van der Waals surface area contributed by atoms with E-state index in [0.717, 1.165) is 19.6 Å². The third kappa shape index (κ3) is 4.08. The second kappa shape index (κ2) is 7.27. The summed E-state index contributed by atoms with van der Waals surface area (Å²) in [6, 6.07) is 2.41. The van der Waals surface area contributed by atoms with Gasteiger partial charge in [0.2, 0.25) is 0 Å². The van der Waals surface area contributed by atoms with Crippen molar-refractivity contribution in [2.45, 2.75) is 52.6 Å². The van der Waals surface area contributed by atoms with Crippen molar-refractivity contribution in [2.24, 2.45) is 0 Å². The van der Waals surface area contributed by atoms with Crippen LogP contribution in [0.15, 0.2) is 6.07 Å². The summed E-state index contributed by atoms with van der Waals surface area (Å²) in [5.41, 5.74) is 1.55. The molecule has 102 valence electrons. The molecule has 0 radical (unpaired) electrons. The first kappa shape index (κ1) is 14.0. The number of likely N-dealkylation sites (tertiary alicyclic amines) is 1. The van der Waals surface area contributed by atoms with Crippen molar-refractivity contribution in [3.8, 4) is 0 Å². The number of hydrogen-bond donors (Lipinski definition) is 1. The van der Waals surface area contributed by atoms with Crippen LogP contribution in [0.4, 0.5) is 0 Å². The van der Waals surface area contributed by atoms with Crippen LogP contribution in [0.5, 0.6) is 0 Å². The number of thiophene rings is 1. The summed E-state index contributed by atoms with van der Waals surface area (Å²) >= 11 is 1.96. The van der Waals surface area contributed by atoms with E-state index in [-0.39, 0.29) is 0 Å². The smallest absolute Gasteiger partial charge is 0.0299 e. The van der Waals surface area contributed by atoms with Gasteiger partial charge in [0.1, 0.15) is 0 Å². The first-order chi connectivity index (χ1) is 8.79. The average molecular weight is 266 g/mol. The van der Waals surface area contributed by atoms with E-state index in [4.69, 9.17) is 0 Å². The third-order valence-corrected chi connectivity index (χ3v) is 4.81. The molecule has 0 unspecified atom stereocenters. The van der Waals surface area contributed by atoms with Gasteiger partial charge in [-0.1, -0.05) is 19.8 Å². The first-order valence-corrected chi connectivity index (χ1v) is 8.12. The van der Waals surface area contributed by atoms with Gasteiger partial charge in [0, 0.05) is 22.8 Å². The maximum Gasteiger partial charge on any atom is 0.0299 e. The van der Waals surface area contributed by atoms with Crippen molar-refractivity contribution in [3.05, 3.63) is 21.4 Å². The van der Waals surface area contributed by atoms with Gasteiger partial charge in [0.05, 0.1) is 0 Å². The van der Waals surface area contributed by atoms with Crippen LogP contribution in [0, 0.1) is 6.92 Å². The Bertz CT molecular complexity index is 351. The lowest BCUT2D eigenvalue weighted by molar-refractivity contribution is 0.277. The highest BCUT2D eigenvalue weighted by Crippen LogP contribution is 2.24. The van der Waals surface area contributed by atoms with Gasteiger partial charge in [-0.3, -0.25) is 4.90 Å². The molecule has 0 saturated carbocycles. The van der Waals surface area contributed by atoms with Crippen LogP contribution in [0.2, 0.25) is 0 Å². The van der Waals surface area contributed by atoms with E-state index in [1.807, 2.05) is 11.3 Å². The maximum absolute atomic E-state index is 3.42. The third-order valence-electron chi connectivity index (χ3n) is 3.71. The molecule has 1 saturated heterocycles. The van der Waals surface area contributed by atoms with Crippen LogP contribution in [0.3, 0.4) is 0 Å². The summed E-state index contributed by atoms with van der Waals surface area (Å²) in [5, 5.41) is 3.42. The summed E-state index contributed by atoms with van der Waals surface area (Å²) in [5.74, 6) is 0. The normalized spacial score (nSPS) is 17.9. The van der Waals surface area contributed by atoms with Crippen molar-refractivity contribution in [3.63, 3.8) is 0 Å². The highest BCUT2D eigenvalue weighted by atomic mass is 32.1. The van der Waals surface area contributed by atoms with Gasteiger partial charge >= 0.3 is 0 Å². The van der Waals surface area contributed by atoms with Gasteiger partial charge in [-0.2, -0.15) is 0 Å². The SMILES string of the molecule is CCNCc1cc(CN2CCCCCC2)c(C)s1. The highest BCUT2D eigenvalue weighted by Gasteiger charge is 2.12. The van der Waals surface area contributed by atoms with Gasteiger partial charge in [0.15, 0.2) is 0 Å². The van der Waals surface area contributed by atoms with Crippen LogP contribution >= 0.6 is 11.3 Å². The molecule has 18 heavy (non-hydrogen) atoms. The molecule has 0 atom stereocenters. The molecule has 3 heteroatoms. The Morgan fingerprint density at radius 1 is 1.22 bits per heavy atom. The zero-order chi connectivity index (χ0) is 12.8. The Morgan fingerprint density at radius 2 is 1.94 bits per heavy atom.